The molecule has 20 heavy (non-hydrogen) atoms. The van der Waals surface area contributed by atoms with Gasteiger partial charge in [0.2, 0.25) is 10.0 Å². The van der Waals surface area contributed by atoms with Crippen molar-refractivity contribution in [1.82, 2.24) is 4.72 Å². The minimum atomic E-state index is -3.83. The van der Waals surface area contributed by atoms with Gasteiger partial charge in [0.1, 0.15) is 4.90 Å². The Morgan fingerprint density at radius 3 is 2.25 bits per heavy atom. The van der Waals surface area contributed by atoms with Crippen molar-refractivity contribution in [2.45, 2.75) is 11.4 Å². The summed E-state index contributed by atoms with van der Waals surface area (Å²) in [4.78, 5) is 0.596. The number of halogens is 3. The molecule has 0 aliphatic carbocycles. The normalized spacial score (nSPS) is 11.8. The van der Waals surface area contributed by atoms with Crippen LogP contribution in [-0.2, 0) is 16.6 Å². The first-order valence-electron chi connectivity index (χ1n) is 5.28. The highest BCUT2D eigenvalue weighted by Crippen LogP contribution is 2.32. The molecule has 0 amide bonds. The summed E-state index contributed by atoms with van der Waals surface area (Å²) in [6, 6.07) is 6.11. The van der Waals surface area contributed by atoms with E-state index in [1.807, 2.05) is 0 Å². The first-order chi connectivity index (χ1) is 9.29. The van der Waals surface area contributed by atoms with Crippen LogP contribution in [0.15, 0.2) is 29.2 Å². The van der Waals surface area contributed by atoms with Gasteiger partial charge in [0.05, 0.1) is 14.4 Å². The quantitative estimate of drug-likeness (QED) is 0.804. The average Bonchev–Trinajstić information content (AvgIpc) is 2.71. The van der Waals surface area contributed by atoms with Crippen molar-refractivity contribution >= 4 is 61.9 Å². The molecule has 108 valence electrons. The Balaban J connectivity index is 2.27. The molecular formula is C11H9Cl3N2O2S2. The Hall–Kier alpha value is -0.500. The van der Waals surface area contributed by atoms with E-state index in [2.05, 4.69) is 4.72 Å². The number of sulfonamides is 1. The number of rotatable bonds is 4. The topological polar surface area (TPSA) is 72.2 Å². The Morgan fingerprint density at radius 1 is 1.15 bits per heavy atom. The SMILES string of the molecule is Nc1cc(Cl)c(S(=O)(=O)NCc2ccc(Cl)s2)c(Cl)c1. The number of hydrogen-bond donors (Lipinski definition) is 2. The highest BCUT2D eigenvalue weighted by Gasteiger charge is 2.22. The van der Waals surface area contributed by atoms with Crippen molar-refractivity contribution in [2.24, 2.45) is 0 Å². The summed E-state index contributed by atoms with van der Waals surface area (Å²) in [6.07, 6.45) is 0. The molecule has 1 aromatic heterocycles. The van der Waals surface area contributed by atoms with E-state index in [9.17, 15) is 8.42 Å². The van der Waals surface area contributed by atoms with Crippen LogP contribution in [0.2, 0.25) is 14.4 Å². The van der Waals surface area contributed by atoms with Crippen molar-refractivity contribution < 1.29 is 8.42 Å². The highest BCUT2D eigenvalue weighted by molar-refractivity contribution is 7.89. The zero-order valence-electron chi connectivity index (χ0n) is 9.86. The molecule has 0 saturated carbocycles. The first-order valence-corrected chi connectivity index (χ1v) is 8.71. The van der Waals surface area contributed by atoms with Crippen molar-refractivity contribution in [2.75, 3.05) is 5.73 Å². The minimum Gasteiger partial charge on any atom is -0.399 e. The van der Waals surface area contributed by atoms with Crippen LogP contribution >= 0.6 is 46.1 Å². The Labute approximate surface area is 135 Å². The van der Waals surface area contributed by atoms with Gasteiger partial charge >= 0.3 is 0 Å². The summed E-state index contributed by atoms with van der Waals surface area (Å²) >= 11 is 18.9. The zero-order chi connectivity index (χ0) is 14.9. The van der Waals surface area contributed by atoms with Crippen LogP contribution in [0.1, 0.15) is 4.88 Å². The largest absolute Gasteiger partial charge is 0.399 e. The zero-order valence-corrected chi connectivity index (χ0v) is 13.8. The van der Waals surface area contributed by atoms with E-state index in [4.69, 9.17) is 40.5 Å². The van der Waals surface area contributed by atoms with Crippen LogP contribution in [0.25, 0.3) is 0 Å². The van der Waals surface area contributed by atoms with Gasteiger partial charge in [0.15, 0.2) is 0 Å². The van der Waals surface area contributed by atoms with E-state index >= 15 is 0 Å². The highest BCUT2D eigenvalue weighted by atomic mass is 35.5. The van der Waals surface area contributed by atoms with E-state index < -0.39 is 10.0 Å². The van der Waals surface area contributed by atoms with Crippen LogP contribution in [0.5, 0.6) is 0 Å². The van der Waals surface area contributed by atoms with Gasteiger partial charge in [-0.3, -0.25) is 0 Å². The van der Waals surface area contributed by atoms with Gasteiger partial charge in [-0.1, -0.05) is 34.8 Å². The molecule has 0 spiro atoms. The maximum atomic E-state index is 12.2. The molecule has 0 atom stereocenters. The molecule has 9 heteroatoms. The van der Waals surface area contributed by atoms with Crippen molar-refractivity contribution in [3.05, 3.63) is 43.5 Å². The molecule has 3 N–H and O–H groups in total. The molecule has 2 rings (SSSR count). The van der Waals surface area contributed by atoms with E-state index in [0.717, 1.165) is 4.88 Å². The predicted octanol–water partition coefficient (Wildman–Crippen LogP) is 3.77. The van der Waals surface area contributed by atoms with E-state index in [-0.39, 0.29) is 21.5 Å². The molecular weight excluding hydrogens is 363 g/mol. The molecule has 4 nitrogen and oxygen atoms in total. The van der Waals surface area contributed by atoms with Gasteiger partial charge < -0.3 is 5.73 Å². The van der Waals surface area contributed by atoms with Crippen LogP contribution in [0.3, 0.4) is 0 Å². The van der Waals surface area contributed by atoms with E-state index in [1.54, 1.807) is 12.1 Å². The molecule has 2 aromatic rings. The van der Waals surface area contributed by atoms with Crippen molar-refractivity contribution in [3.63, 3.8) is 0 Å². The third-order valence-electron chi connectivity index (χ3n) is 2.35. The van der Waals surface area contributed by atoms with Gasteiger partial charge in [-0.2, -0.15) is 0 Å². The number of anilines is 1. The lowest BCUT2D eigenvalue weighted by atomic mass is 10.3. The minimum absolute atomic E-state index is 0.0216. The fourth-order valence-electron chi connectivity index (χ4n) is 1.52. The van der Waals surface area contributed by atoms with E-state index in [0.29, 0.717) is 10.0 Å². The van der Waals surface area contributed by atoms with Crippen LogP contribution in [0, 0.1) is 0 Å². The summed E-state index contributed by atoms with van der Waals surface area (Å²) in [6.45, 7) is 0.108. The molecule has 1 heterocycles. The molecule has 0 saturated heterocycles. The smallest absolute Gasteiger partial charge is 0.243 e. The second-order valence-corrected chi connectivity index (χ2v) is 8.16. The maximum Gasteiger partial charge on any atom is 0.243 e. The summed E-state index contributed by atoms with van der Waals surface area (Å²) in [5.74, 6) is 0. The average molecular weight is 372 g/mol. The molecule has 0 unspecified atom stereocenters. The Morgan fingerprint density at radius 2 is 1.75 bits per heavy atom. The van der Waals surface area contributed by atoms with Crippen LogP contribution in [-0.4, -0.2) is 8.42 Å². The lowest BCUT2D eigenvalue weighted by Crippen LogP contribution is -2.23. The van der Waals surface area contributed by atoms with E-state index in [1.165, 1.54) is 23.5 Å². The fourth-order valence-corrected chi connectivity index (χ4v) is 4.87. The van der Waals surface area contributed by atoms with Crippen LogP contribution in [0.4, 0.5) is 5.69 Å². The summed E-state index contributed by atoms with van der Waals surface area (Å²) < 4.78 is 27.4. The number of benzene rings is 1. The summed E-state index contributed by atoms with van der Waals surface area (Å²) in [5.41, 5.74) is 5.84. The Bertz CT molecular complexity index is 721. The van der Waals surface area contributed by atoms with Crippen LogP contribution < -0.4 is 10.5 Å². The molecule has 0 radical (unpaired) electrons. The second-order valence-electron chi connectivity index (χ2n) is 3.84. The maximum absolute atomic E-state index is 12.2. The number of nitrogens with two attached hydrogens (primary N) is 1. The lowest BCUT2D eigenvalue weighted by molar-refractivity contribution is 0.582. The van der Waals surface area contributed by atoms with Crippen molar-refractivity contribution in [1.29, 1.82) is 0 Å². The van der Waals surface area contributed by atoms with Gasteiger partial charge in [-0.05, 0) is 24.3 Å². The number of hydrogen-bond acceptors (Lipinski definition) is 4. The Kier molecular flexibility index (Phi) is 4.84. The third-order valence-corrected chi connectivity index (χ3v) is 5.91. The molecule has 0 bridgehead atoms. The number of thiophene rings is 1. The number of nitrogen functional groups attached to an aromatic ring is 1. The third kappa shape index (κ3) is 3.58. The predicted molar refractivity (Wildman–Crippen MR) is 84.2 cm³/mol. The van der Waals surface area contributed by atoms with Gasteiger partial charge in [0.25, 0.3) is 0 Å². The summed E-state index contributed by atoms with van der Waals surface area (Å²) in [7, 11) is -3.83. The van der Waals surface area contributed by atoms with Gasteiger partial charge in [-0.25, -0.2) is 13.1 Å². The second kappa shape index (κ2) is 6.09. The van der Waals surface area contributed by atoms with Crippen molar-refractivity contribution in [3.8, 4) is 0 Å². The standard InChI is InChI=1S/C11H9Cl3N2O2S2/c12-8-3-6(15)4-9(13)11(8)20(17,18)16-5-7-1-2-10(14)19-7/h1-4,16H,5,15H2. The summed E-state index contributed by atoms with van der Waals surface area (Å²) in [5, 5.41) is -0.0431. The van der Waals surface area contributed by atoms with Gasteiger partial charge in [-0.15, -0.1) is 11.3 Å². The first kappa shape index (κ1) is 15.9. The number of nitrogens with one attached hydrogen (secondary N) is 1. The molecule has 0 fully saturated rings. The fraction of sp³-hybridized carbons (Fsp3) is 0.0909. The lowest BCUT2D eigenvalue weighted by Gasteiger charge is -2.10. The molecule has 0 aliphatic heterocycles. The monoisotopic (exact) mass is 370 g/mol. The molecule has 0 aliphatic rings. The van der Waals surface area contributed by atoms with Gasteiger partial charge in [0, 0.05) is 17.1 Å². The molecule has 1 aromatic carbocycles.